The normalized spacial score (nSPS) is 15.4. The van der Waals surface area contributed by atoms with E-state index >= 15 is 0 Å². The Balaban J connectivity index is 1.57. The lowest BCUT2D eigenvalue weighted by Crippen LogP contribution is -2.45. The van der Waals surface area contributed by atoms with Crippen molar-refractivity contribution in [2.24, 2.45) is 0 Å². The highest BCUT2D eigenvalue weighted by Gasteiger charge is 2.29. The van der Waals surface area contributed by atoms with Crippen LogP contribution in [0.25, 0.3) is 0 Å². The second kappa shape index (κ2) is 12.3. The molecule has 1 saturated heterocycles. The topological polar surface area (TPSA) is 160 Å². The number of ether oxygens (including phenoxy) is 1. The van der Waals surface area contributed by atoms with Gasteiger partial charge in [-0.3, -0.25) is 4.79 Å². The minimum atomic E-state index is -3.42. The van der Waals surface area contributed by atoms with Gasteiger partial charge in [0.25, 0.3) is 0 Å². The van der Waals surface area contributed by atoms with Crippen molar-refractivity contribution in [3.63, 3.8) is 0 Å². The number of rotatable bonds is 12. The van der Waals surface area contributed by atoms with Crippen molar-refractivity contribution in [3.8, 4) is 5.75 Å². The van der Waals surface area contributed by atoms with E-state index in [1.54, 1.807) is 0 Å². The summed E-state index contributed by atoms with van der Waals surface area (Å²) in [6, 6.07) is 1.86. The summed E-state index contributed by atoms with van der Waals surface area (Å²) in [6.07, 6.45) is 2.56. The van der Waals surface area contributed by atoms with Crippen molar-refractivity contribution in [2.75, 3.05) is 50.2 Å². The standard InChI is InChI=1S/C24H34F2N6O5S/c1-24(2,14-33)29-9-4-12-38(35,36)32-10-7-15(8-11-32)30-23-28-13-16(22(27)31-23)21(34)19-18(37-3)6-5-17(25)20(19)26/h5-6,13,15,29,33H,4,7-12,14H2,1-3H3,(H3,27,28,30,31). The summed E-state index contributed by atoms with van der Waals surface area (Å²) in [5.74, 6) is -3.73. The van der Waals surface area contributed by atoms with Gasteiger partial charge in [-0.05, 0) is 51.8 Å². The number of carbonyl (C=O) groups is 1. The summed E-state index contributed by atoms with van der Waals surface area (Å²) in [6.45, 7) is 4.74. The van der Waals surface area contributed by atoms with Gasteiger partial charge in [0.2, 0.25) is 21.8 Å². The molecule has 0 amide bonds. The third kappa shape index (κ3) is 7.12. The summed E-state index contributed by atoms with van der Waals surface area (Å²) >= 11 is 0. The van der Waals surface area contributed by atoms with Gasteiger partial charge in [-0.2, -0.15) is 4.98 Å². The zero-order chi connectivity index (χ0) is 28.1. The van der Waals surface area contributed by atoms with Gasteiger partial charge in [0.15, 0.2) is 11.6 Å². The van der Waals surface area contributed by atoms with Crippen molar-refractivity contribution in [1.29, 1.82) is 0 Å². The molecular formula is C24H34F2N6O5S. The fourth-order valence-corrected chi connectivity index (χ4v) is 5.55. The summed E-state index contributed by atoms with van der Waals surface area (Å²) < 4.78 is 59.9. The van der Waals surface area contributed by atoms with Crippen molar-refractivity contribution in [3.05, 3.63) is 41.1 Å². The van der Waals surface area contributed by atoms with Crippen molar-refractivity contribution in [2.45, 2.75) is 44.7 Å². The first-order chi connectivity index (χ1) is 17.9. The fourth-order valence-electron chi connectivity index (χ4n) is 4.02. The van der Waals surface area contributed by atoms with E-state index in [-0.39, 0.29) is 41.5 Å². The molecule has 0 atom stereocenters. The zero-order valence-electron chi connectivity index (χ0n) is 21.6. The van der Waals surface area contributed by atoms with E-state index in [4.69, 9.17) is 10.5 Å². The number of nitrogens with zero attached hydrogens (tertiary/aromatic N) is 3. The quantitative estimate of drug-likeness (QED) is 0.223. The van der Waals surface area contributed by atoms with Gasteiger partial charge < -0.3 is 26.2 Å². The van der Waals surface area contributed by atoms with Gasteiger partial charge in [0.1, 0.15) is 17.1 Å². The zero-order valence-corrected chi connectivity index (χ0v) is 22.4. The first kappa shape index (κ1) is 29.6. The van der Waals surface area contributed by atoms with Crippen LogP contribution in [0.2, 0.25) is 0 Å². The van der Waals surface area contributed by atoms with Crippen LogP contribution in [-0.4, -0.2) is 84.3 Å². The number of hydrogen-bond acceptors (Lipinski definition) is 10. The van der Waals surface area contributed by atoms with E-state index in [0.717, 1.165) is 18.3 Å². The smallest absolute Gasteiger partial charge is 0.224 e. The third-order valence-electron chi connectivity index (χ3n) is 6.32. The molecule has 3 rings (SSSR count). The van der Waals surface area contributed by atoms with Crippen LogP contribution in [0, 0.1) is 11.6 Å². The monoisotopic (exact) mass is 556 g/mol. The number of methoxy groups -OCH3 is 1. The highest BCUT2D eigenvalue weighted by Crippen LogP contribution is 2.28. The van der Waals surface area contributed by atoms with Crippen LogP contribution in [0.4, 0.5) is 20.5 Å². The summed E-state index contributed by atoms with van der Waals surface area (Å²) in [5.41, 5.74) is 4.66. The number of aromatic nitrogens is 2. The first-order valence-electron chi connectivity index (χ1n) is 12.2. The lowest BCUT2D eigenvalue weighted by molar-refractivity contribution is 0.103. The second-order valence-electron chi connectivity index (χ2n) is 9.72. The number of carbonyl (C=O) groups excluding carboxylic acids is 1. The molecule has 1 aliphatic rings. The van der Waals surface area contributed by atoms with Gasteiger partial charge >= 0.3 is 0 Å². The molecule has 11 nitrogen and oxygen atoms in total. The molecule has 0 saturated carbocycles. The second-order valence-corrected chi connectivity index (χ2v) is 11.8. The van der Waals surface area contributed by atoms with Crippen LogP contribution in [0.15, 0.2) is 18.3 Å². The maximum Gasteiger partial charge on any atom is 0.224 e. The molecule has 2 heterocycles. The maximum absolute atomic E-state index is 14.3. The molecule has 1 aromatic heterocycles. The highest BCUT2D eigenvalue weighted by atomic mass is 32.2. The van der Waals surface area contributed by atoms with Gasteiger partial charge in [0.05, 0.1) is 25.0 Å². The number of nitrogens with two attached hydrogens (primary N) is 1. The highest BCUT2D eigenvalue weighted by molar-refractivity contribution is 7.89. The Labute approximate surface area is 220 Å². The van der Waals surface area contributed by atoms with E-state index in [9.17, 15) is 27.1 Å². The molecule has 5 N–H and O–H groups in total. The molecule has 0 spiro atoms. The number of nitrogen functional groups attached to an aromatic ring is 1. The van der Waals surface area contributed by atoms with Crippen LogP contribution >= 0.6 is 0 Å². The average molecular weight is 557 g/mol. The number of aliphatic hydroxyl groups is 1. The van der Waals surface area contributed by atoms with Gasteiger partial charge in [-0.25, -0.2) is 26.5 Å². The fraction of sp³-hybridized carbons (Fsp3) is 0.542. The molecular weight excluding hydrogens is 522 g/mol. The number of anilines is 2. The van der Waals surface area contributed by atoms with Crippen LogP contribution < -0.4 is 21.1 Å². The Morgan fingerprint density at radius 1 is 1.29 bits per heavy atom. The van der Waals surface area contributed by atoms with E-state index in [1.165, 1.54) is 11.4 Å². The maximum atomic E-state index is 14.3. The van der Waals surface area contributed by atoms with Crippen molar-refractivity contribution >= 4 is 27.6 Å². The van der Waals surface area contributed by atoms with Crippen LogP contribution in [0.5, 0.6) is 5.75 Å². The Kier molecular flexibility index (Phi) is 9.57. The number of hydrogen-bond donors (Lipinski definition) is 4. The number of aliphatic hydroxyl groups excluding tert-OH is 1. The molecule has 2 aromatic rings. The van der Waals surface area contributed by atoms with Crippen LogP contribution in [0.3, 0.4) is 0 Å². The number of nitrogens with one attached hydrogen (secondary N) is 2. The molecule has 1 aliphatic heterocycles. The van der Waals surface area contributed by atoms with E-state index in [2.05, 4.69) is 20.6 Å². The molecule has 14 heteroatoms. The molecule has 0 radical (unpaired) electrons. The average Bonchev–Trinajstić information content (AvgIpc) is 2.88. The number of halogens is 2. The lowest BCUT2D eigenvalue weighted by Gasteiger charge is -2.31. The molecule has 1 fully saturated rings. The summed E-state index contributed by atoms with van der Waals surface area (Å²) in [7, 11) is -2.19. The molecule has 1 aromatic carbocycles. The summed E-state index contributed by atoms with van der Waals surface area (Å²) in [5, 5.41) is 15.5. The Hall–Kier alpha value is -2.94. The first-order valence-corrected chi connectivity index (χ1v) is 13.8. The van der Waals surface area contributed by atoms with Gasteiger partial charge in [0, 0.05) is 30.9 Å². The number of sulfonamides is 1. The van der Waals surface area contributed by atoms with Crippen molar-refractivity contribution in [1.82, 2.24) is 19.6 Å². The Morgan fingerprint density at radius 3 is 2.58 bits per heavy atom. The lowest BCUT2D eigenvalue weighted by atomic mass is 10.0. The molecule has 0 unspecified atom stereocenters. The SMILES string of the molecule is COc1ccc(F)c(F)c1C(=O)c1cnc(NC2CCN(S(=O)(=O)CCCNC(C)(C)CO)CC2)nc1N. The Morgan fingerprint density at radius 2 is 1.97 bits per heavy atom. The molecule has 210 valence electrons. The number of piperidine rings is 1. The van der Waals surface area contributed by atoms with Gasteiger partial charge in [-0.15, -0.1) is 0 Å². The number of ketones is 1. The van der Waals surface area contributed by atoms with E-state index < -0.39 is 38.5 Å². The minimum absolute atomic E-state index is 0.00539. The van der Waals surface area contributed by atoms with Crippen LogP contribution in [0.1, 0.15) is 49.0 Å². The Bertz CT molecular complexity index is 1250. The predicted molar refractivity (Wildman–Crippen MR) is 139 cm³/mol. The van der Waals surface area contributed by atoms with E-state index in [1.807, 2.05) is 13.8 Å². The molecule has 38 heavy (non-hydrogen) atoms. The predicted octanol–water partition coefficient (Wildman–Crippen LogP) is 1.53. The van der Waals surface area contributed by atoms with Crippen LogP contribution in [-0.2, 0) is 10.0 Å². The van der Waals surface area contributed by atoms with Gasteiger partial charge in [-0.1, -0.05) is 0 Å². The minimum Gasteiger partial charge on any atom is -0.496 e. The van der Waals surface area contributed by atoms with E-state index in [0.29, 0.717) is 38.9 Å². The molecule has 0 bridgehead atoms. The number of benzene rings is 1. The van der Waals surface area contributed by atoms with Crippen molar-refractivity contribution < 1.29 is 31.8 Å². The molecule has 0 aliphatic carbocycles. The largest absolute Gasteiger partial charge is 0.496 e. The third-order valence-corrected chi connectivity index (χ3v) is 8.28. The summed E-state index contributed by atoms with van der Waals surface area (Å²) in [4.78, 5) is 21.0.